The van der Waals surface area contributed by atoms with Crippen LogP contribution in [-0.2, 0) is 14.4 Å². The highest BCUT2D eigenvalue weighted by atomic mass is 16.4. The van der Waals surface area contributed by atoms with Crippen molar-refractivity contribution in [1.29, 1.82) is 0 Å². The smallest absolute Gasteiger partial charge is 0.303 e. The van der Waals surface area contributed by atoms with Gasteiger partial charge in [-0.15, -0.1) is 0 Å². The van der Waals surface area contributed by atoms with E-state index in [1.165, 1.54) is 0 Å². The van der Waals surface area contributed by atoms with Crippen molar-refractivity contribution in [1.82, 2.24) is 5.32 Å². The van der Waals surface area contributed by atoms with E-state index in [9.17, 15) is 14.4 Å². The first-order chi connectivity index (χ1) is 7.82. The summed E-state index contributed by atoms with van der Waals surface area (Å²) in [6, 6.07) is -0.674. The predicted molar refractivity (Wildman–Crippen MR) is 62.1 cm³/mol. The summed E-state index contributed by atoms with van der Waals surface area (Å²) >= 11 is 0. The van der Waals surface area contributed by atoms with Gasteiger partial charge in [0.2, 0.25) is 11.8 Å². The van der Waals surface area contributed by atoms with Crippen molar-refractivity contribution in [2.45, 2.75) is 45.6 Å². The molecule has 0 aromatic heterocycles. The zero-order chi connectivity index (χ0) is 13.4. The van der Waals surface area contributed by atoms with Gasteiger partial charge in [-0.25, -0.2) is 0 Å². The quantitative estimate of drug-likeness (QED) is 0.568. The number of nitrogens with one attached hydrogen (secondary N) is 1. The van der Waals surface area contributed by atoms with Crippen LogP contribution in [0, 0.1) is 5.92 Å². The highest BCUT2D eigenvalue weighted by Gasteiger charge is 2.18. The zero-order valence-corrected chi connectivity index (χ0v) is 10.2. The van der Waals surface area contributed by atoms with Crippen molar-refractivity contribution in [2.75, 3.05) is 0 Å². The second-order valence-electron chi connectivity index (χ2n) is 4.40. The topological polar surface area (TPSA) is 109 Å². The van der Waals surface area contributed by atoms with Crippen LogP contribution in [0.3, 0.4) is 0 Å². The Bertz CT molecular complexity index is 289. The molecule has 0 unspecified atom stereocenters. The molecule has 0 aliphatic heterocycles. The molecule has 0 heterocycles. The standard InChI is InChI=1S/C11H20N2O4/c1-7(2)6-8(11(12)17)13-9(14)4-3-5-10(15)16/h7-8H,3-6H2,1-2H3,(H2,12,17)(H,13,14)(H,15,16)/t8-/m1/s1. The molecule has 0 aromatic carbocycles. The third-order valence-electron chi connectivity index (χ3n) is 2.18. The van der Waals surface area contributed by atoms with E-state index in [0.29, 0.717) is 6.42 Å². The summed E-state index contributed by atoms with van der Waals surface area (Å²) in [5.41, 5.74) is 5.16. The molecule has 1 atom stereocenters. The second kappa shape index (κ2) is 7.65. The van der Waals surface area contributed by atoms with Crippen LogP contribution in [0.25, 0.3) is 0 Å². The highest BCUT2D eigenvalue weighted by Crippen LogP contribution is 2.05. The van der Waals surface area contributed by atoms with Crippen LogP contribution < -0.4 is 11.1 Å². The molecule has 4 N–H and O–H groups in total. The molecule has 17 heavy (non-hydrogen) atoms. The summed E-state index contributed by atoms with van der Waals surface area (Å²) in [4.78, 5) is 32.7. The number of hydrogen-bond acceptors (Lipinski definition) is 3. The van der Waals surface area contributed by atoms with Gasteiger partial charge in [0.15, 0.2) is 0 Å². The lowest BCUT2D eigenvalue weighted by atomic mass is 10.0. The van der Waals surface area contributed by atoms with Crippen molar-refractivity contribution in [2.24, 2.45) is 11.7 Å². The number of aliphatic carboxylic acids is 1. The van der Waals surface area contributed by atoms with E-state index >= 15 is 0 Å². The van der Waals surface area contributed by atoms with Crippen LogP contribution in [-0.4, -0.2) is 28.9 Å². The van der Waals surface area contributed by atoms with Crippen LogP contribution in [0.2, 0.25) is 0 Å². The van der Waals surface area contributed by atoms with E-state index in [0.717, 1.165) is 0 Å². The minimum absolute atomic E-state index is 0.0567. The Morgan fingerprint density at radius 1 is 1.24 bits per heavy atom. The largest absolute Gasteiger partial charge is 0.481 e. The highest BCUT2D eigenvalue weighted by molar-refractivity contribution is 5.86. The van der Waals surface area contributed by atoms with E-state index in [-0.39, 0.29) is 31.1 Å². The molecule has 0 fully saturated rings. The molecule has 0 saturated heterocycles. The minimum atomic E-state index is -0.938. The van der Waals surface area contributed by atoms with Gasteiger partial charge in [0.25, 0.3) is 0 Å². The maximum Gasteiger partial charge on any atom is 0.303 e. The monoisotopic (exact) mass is 244 g/mol. The fraction of sp³-hybridized carbons (Fsp3) is 0.727. The Morgan fingerprint density at radius 3 is 2.24 bits per heavy atom. The number of nitrogens with two attached hydrogens (primary N) is 1. The summed E-state index contributed by atoms with van der Waals surface area (Å²) in [5, 5.41) is 10.9. The van der Waals surface area contributed by atoms with E-state index in [1.54, 1.807) is 0 Å². The molecule has 98 valence electrons. The van der Waals surface area contributed by atoms with Gasteiger partial charge in [0.1, 0.15) is 6.04 Å². The number of carboxylic acids is 1. The average Bonchev–Trinajstić information content (AvgIpc) is 2.15. The van der Waals surface area contributed by atoms with Crippen molar-refractivity contribution >= 4 is 17.8 Å². The van der Waals surface area contributed by atoms with Crippen molar-refractivity contribution in [3.05, 3.63) is 0 Å². The normalized spacial score (nSPS) is 12.2. The first-order valence-electron chi connectivity index (χ1n) is 5.63. The van der Waals surface area contributed by atoms with Gasteiger partial charge in [0.05, 0.1) is 0 Å². The average molecular weight is 244 g/mol. The number of amides is 2. The number of primary amides is 1. The van der Waals surface area contributed by atoms with Gasteiger partial charge in [-0.05, 0) is 18.8 Å². The second-order valence-corrected chi connectivity index (χ2v) is 4.40. The van der Waals surface area contributed by atoms with Gasteiger partial charge in [-0.3, -0.25) is 14.4 Å². The molecule has 6 nitrogen and oxygen atoms in total. The van der Waals surface area contributed by atoms with Gasteiger partial charge in [-0.1, -0.05) is 13.8 Å². The number of carboxylic acid groups (broad SMARTS) is 1. The Balaban J connectivity index is 4.04. The van der Waals surface area contributed by atoms with Crippen LogP contribution in [0.1, 0.15) is 39.5 Å². The van der Waals surface area contributed by atoms with E-state index in [4.69, 9.17) is 10.8 Å². The van der Waals surface area contributed by atoms with Crippen molar-refractivity contribution in [3.63, 3.8) is 0 Å². The molecule has 0 aliphatic carbocycles. The minimum Gasteiger partial charge on any atom is -0.481 e. The van der Waals surface area contributed by atoms with Crippen LogP contribution >= 0.6 is 0 Å². The summed E-state index contributed by atoms with van der Waals surface area (Å²) in [6.45, 7) is 3.85. The lowest BCUT2D eigenvalue weighted by Gasteiger charge is -2.17. The van der Waals surface area contributed by atoms with E-state index in [1.807, 2.05) is 13.8 Å². The van der Waals surface area contributed by atoms with E-state index < -0.39 is 17.9 Å². The molecular formula is C11H20N2O4. The lowest BCUT2D eigenvalue weighted by Crippen LogP contribution is -2.45. The molecule has 0 bridgehead atoms. The SMILES string of the molecule is CC(C)C[C@@H](NC(=O)CCCC(=O)O)C(N)=O. The Labute approximate surface area is 101 Å². The van der Waals surface area contributed by atoms with Gasteiger partial charge >= 0.3 is 5.97 Å². The van der Waals surface area contributed by atoms with Crippen molar-refractivity contribution < 1.29 is 19.5 Å². The first-order valence-corrected chi connectivity index (χ1v) is 5.63. The molecule has 0 radical (unpaired) electrons. The summed E-state index contributed by atoms with van der Waals surface area (Å²) in [6.07, 6.45) is 0.779. The fourth-order valence-electron chi connectivity index (χ4n) is 1.38. The molecule has 0 saturated carbocycles. The number of hydrogen-bond donors (Lipinski definition) is 3. The maximum atomic E-state index is 11.4. The third-order valence-corrected chi connectivity index (χ3v) is 2.18. The predicted octanol–water partition coefficient (Wildman–Crippen LogP) is 0.258. The zero-order valence-electron chi connectivity index (χ0n) is 10.2. The number of carbonyl (C=O) groups is 3. The Hall–Kier alpha value is -1.59. The molecule has 0 spiro atoms. The first kappa shape index (κ1) is 15.4. The number of carbonyl (C=O) groups excluding carboxylic acids is 2. The lowest BCUT2D eigenvalue weighted by molar-refractivity contribution is -0.137. The molecule has 0 aromatic rings. The molecular weight excluding hydrogens is 224 g/mol. The van der Waals surface area contributed by atoms with Gasteiger partial charge in [-0.2, -0.15) is 0 Å². The maximum absolute atomic E-state index is 11.4. The molecule has 0 rings (SSSR count). The Kier molecular flexibility index (Phi) is 6.93. The van der Waals surface area contributed by atoms with Crippen LogP contribution in [0.5, 0.6) is 0 Å². The Morgan fingerprint density at radius 2 is 1.82 bits per heavy atom. The van der Waals surface area contributed by atoms with Crippen LogP contribution in [0.4, 0.5) is 0 Å². The van der Waals surface area contributed by atoms with Crippen molar-refractivity contribution in [3.8, 4) is 0 Å². The fourth-order valence-corrected chi connectivity index (χ4v) is 1.38. The molecule has 2 amide bonds. The van der Waals surface area contributed by atoms with Crippen LogP contribution in [0.15, 0.2) is 0 Å². The summed E-state index contributed by atoms with van der Waals surface area (Å²) < 4.78 is 0. The van der Waals surface area contributed by atoms with Gasteiger partial charge < -0.3 is 16.2 Å². The third kappa shape index (κ3) is 8.24. The summed E-state index contributed by atoms with van der Waals surface area (Å²) in [5.74, 6) is -1.60. The van der Waals surface area contributed by atoms with E-state index in [2.05, 4.69) is 5.32 Å². The van der Waals surface area contributed by atoms with Gasteiger partial charge in [0, 0.05) is 12.8 Å². The number of rotatable bonds is 8. The molecule has 6 heteroatoms. The molecule has 0 aliphatic rings. The summed E-state index contributed by atoms with van der Waals surface area (Å²) in [7, 11) is 0.